The third-order valence-corrected chi connectivity index (χ3v) is 4.13. The molecule has 0 aliphatic heterocycles. The van der Waals surface area contributed by atoms with E-state index >= 15 is 0 Å². The van der Waals surface area contributed by atoms with Gasteiger partial charge in [-0.25, -0.2) is 0 Å². The number of anilines is 1. The molecule has 5 nitrogen and oxygen atoms in total. The summed E-state index contributed by atoms with van der Waals surface area (Å²) in [5.74, 6) is -0.0224. The van der Waals surface area contributed by atoms with Gasteiger partial charge in [0.25, 0.3) is 0 Å². The molecule has 1 amide bonds. The first-order valence-electron chi connectivity index (χ1n) is 7.06. The summed E-state index contributed by atoms with van der Waals surface area (Å²) < 4.78 is 0. The number of aryl methyl sites for hydroxylation is 1. The molecular weight excluding hydrogens is 284 g/mol. The molecule has 1 fully saturated rings. The Labute approximate surface area is 128 Å². The number of rotatable bonds is 6. The van der Waals surface area contributed by atoms with Gasteiger partial charge in [-0.1, -0.05) is 41.2 Å². The van der Waals surface area contributed by atoms with E-state index < -0.39 is 0 Å². The molecule has 6 heteroatoms. The lowest BCUT2D eigenvalue weighted by Gasteiger charge is -2.21. The van der Waals surface area contributed by atoms with Crippen molar-refractivity contribution in [2.45, 2.75) is 32.4 Å². The maximum absolute atomic E-state index is 12.1. The highest BCUT2D eigenvalue weighted by Gasteiger charge is 2.30. The Hall–Kier alpha value is -1.79. The second-order valence-corrected chi connectivity index (χ2v) is 6.25. The smallest absolute Gasteiger partial charge is 0.240 e. The molecule has 1 N–H and O–H groups in total. The molecule has 1 aromatic carbocycles. The molecule has 1 aliphatic rings. The zero-order valence-corrected chi connectivity index (χ0v) is 12.8. The topological polar surface area (TPSA) is 58.1 Å². The van der Waals surface area contributed by atoms with E-state index in [1.807, 2.05) is 0 Å². The maximum atomic E-state index is 12.1. The van der Waals surface area contributed by atoms with Gasteiger partial charge >= 0.3 is 0 Å². The summed E-state index contributed by atoms with van der Waals surface area (Å²) in [4.78, 5) is 14.3. The van der Waals surface area contributed by atoms with Crippen molar-refractivity contribution in [1.29, 1.82) is 0 Å². The van der Waals surface area contributed by atoms with Crippen LogP contribution in [-0.2, 0) is 11.3 Å². The summed E-state index contributed by atoms with van der Waals surface area (Å²) in [6.07, 6.45) is 2.36. The predicted octanol–water partition coefficient (Wildman–Crippen LogP) is 2.45. The summed E-state index contributed by atoms with van der Waals surface area (Å²) in [5, 5.41) is 10.9. The number of carbonyl (C=O) groups excluding carboxylic acids is 1. The van der Waals surface area contributed by atoms with Crippen LogP contribution >= 0.6 is 11.3 Å². The van der Waals surface area contributed by atoms with Gasteiger partial charge in [0.1, 0.15) is 5.51 Å². The van der Waals surface area contributed by atoms with E-state index in [2.05, 4.69) is 51.6 Å². The second-order valence-electron chi connectivity index (χ2n) is 5.41. The van der Waals surface area contributed by atoms with Crippen LogP contribution in [0.5, 0.6) is 0 Å². The van der Waals surface area contributed by atoms with Gasteiger partial charge < -0.3 is 0 Å². The van der Waals surface area contributed by atoms with Gasteiger partial charge in [-0.05, 0) is 25.3 Å². The van der Waals surface area contributed by atoms with Crippen molar-refractivity contribution >= 4 is 22.4 Å². The van der Waals surface area contributed by atoms with E-state index in [1.54, 1.807) is 5.51 Å². The molecule has 21 heavy (non-hydrogen) atoms. The van der Waals surface area contributed by atoms with Crippen LogP contribution in [0, 0.1) is 6.92 Å². The predicted molar refractivity (Wildman–Crippen MR) is 83.1 cm³/mol. The molecular formula is C15H18N4OS. The molecule has 0 atom stereocenters. The lowest BCUT2D eigenvalue weighted by molar-refractivity contribution is -0.117. The molecule has 1 saturated carbocycles. The van der Waals surface area contributed by atoms with Crippen LogP contribution in [0.25, 0.3) is 0 Å². The zero-order valence-electron chi connectivity index (χ0n) is 12.0. The van der Waals surface area contributed by atoms with Gasteiger partial charge in [-0.2, -0.15) is 0 Å². The number of carbonyl (C=O) groups is 1. The minimum atomic E-state index is -0.0224. The highest BCUT2D eigenvalue weighted by molar-refractivity contribution is 7.13. The minimum absolute atomic E-state index is 0.0224. The summed E-state index contributed by atoms with van der Waals surface area (Å²) in [7, 11) is 0. The SMILES string of the molecule is Cc1ccc(CN(CC(=O)Nc2nncs2)C2CC2)cc1. The number of nitrogens with zero attached hydrogens (tertiary/aromatic N) is 3. The van der Waals surface area contributed by atoms with Gasteiger partial charge in [0.15, 0.2) is 0 Å². The number of nitrogens with one attached hydrogen (secondary N) is 1. The fourth-order valence-corrected chi connectivity index (χ4v) is 2.71. The summed E-state index contributed by atoms with van der Waals surface area (Å²) in [6.45, 7) is 3.30. The van der Waals surface area contributed by atoms with Crippen molar-refractivity contribution in [2.75, 3.05) is 11.9 Å². The van der Waals surface area contributed by atoms with E-state index in [-0.39, 0.29) is 5.91 Å². The van der Waals surface area contributed by atoms with Crippen LogP contribution in [0.2, 0.25) is 0 Å². The molecule has 1 heterocycles. The highest BCUT2D eigenvalue weighted by Crippen LogP contribution is 2.28. The number of hydrogen-bond acceptors (Lipinski definition) is 5. The zero-order chi connectivity index (χ0) is 14.7. The Bertz CT molecular complexity index is 593. The molecule has 2 aromatic rings. The Morgan fingerprint density at radius 2 is 2.14 bits per heavy atom. The van der Waals surface area contributed by atoms with Gasteiger partial charge in [-0.15, -0.1) is 10.2 Å². The van der Waals surface area contributed by atoms with Crippen LogP contribution in [-0.4, -0.2) is 33.6 Å². The van der Waals surface area contributed by atoms with Crippen molar-refractivity contribution in [3.63, 3.8) is 0 Å². The number of aromatic nitrogens is 2. The van der Waals surface area contributed by atoms with E-state index in [0.29, 0.717) is 17.7 Å². The van der Waals surface area contributed by atoms with Gasteiger partial charge in [0.2, 0.25) is 11.0 Å². The van der Waals surface area contributed by atoms with Crippen molar-refractivity contribution in [3.8, 4) is 0 Å². The third-order valence-electron chi connectivity index (χ3n) is 3.52. The molecule has 110 valence electrons. The first-order valence-corrected chi connectivity index (χ1v) is 7.94. The van der Waals surface area contributed by atoms with E-state index in [4.69, 9.17) is 0 Å². The molecule has 0 spiro atoms. The van der Waals surface area contributed by atoms with Crippen molar-refractivity contribution < 1.29 is 4.79 Å². The summed E-state index contributed by atoms with van der Waals surface area (Å²) >= 11 is 1.34. The molecule has 1 aromatic heterocycles. The van der Waals surface area contributed by atoms with Crippen LogP contribution in [0.4, 0.5) is 5.13 Å². The maximum Gasteiger partial charge on any atom is 0.240 e. The quantitative estimate of drug-likeness (QED) is 0.890. The molecule has 1 aliphatic carbocycles. The first kappa shape index (κ1) is 14.2. The average Bonchev–Trinajstić information content (AvgIpc) is 3.19. The second kappa shape index (κ2) is 6.32. The average molecular weight is 302 g/mol. The number of hydrogen-bond donors (Lipinski definition) is 1. The fraction of sp³-hybridized carbons (Fsp3) is 0.400. The monoisotopic (exact) mass is 302 g/mol. The summed E-state index contributed by atoms with van der Waals surface area (Å²) in [6, 6.07) is 9.02. The van der Waals surface area contributed by atoms with Gasteiger partial charge in [0.05, 0.1) is 6.54 Å². The number of amides is 1. The van der Waals surface area contributed by atoms with Crippen LogP contribution in [0.1, 0.15) is 24.0 Å². The van der Waals surface area contributed by atoms with Crippen molar-refractivity contribution in [3.05, 3.63) is 40.9 Å². The minimum Gasteiger partial charge on any atom is -0.299 e. The van der Waals surface area contributed by atoms with Crippen molar-refractivity contribution in [1.82, 2.24) is 15.1 Å². The fourth-order valence-electron chi connectivity index (χ4n) is 2.25. The standard InChI is InChI=1S/C15H18N4OS/c1-11-2-4-12(5-3-11)8-19(13-6-7-13)9-14(20)17-15-18-16-10-21-15/h2-5,10,13H,6-9H2,1H3,(H,17,18,20). The van der Waals surface area contributed by atoms with Crippen LogP contribution in [0.3, 0.4) is 0 Å². The normalized spacial score (nSPS) is 14.4. The first-order chi connectivity index (χ1) is 10.2. The van der Waals surface area contributed by atoms with Crippen LogP contribution < -0.4 is 5.32 Å². The third kappa shape index (κ3) is 4.09. The lowest BCUT2D eigenvalue weighted by Crippen LogP contribution is -2.34. The Balaban J connectivity index is 1.59. The van der Waals surface area contributed by atoms with Gasteiger partial charge in [0, 0.05) is 12.6 Å². The van der Waals surface area contributed by atoms with Crippen LogP contribution in [0.15, 0.2) is 29.8 Å². The van der Waals surface area contributed by atoms with Crippen molar-refractivity contribution in [2.24, 2.45) is 0 Å². The van der Waals surface area contributed by atoms with E-state index in [9.17, 15) is 4.79 Å². The molecule has 0 saturated heterocycles. The summed E-state index contributed by atoms with van der Waals surface area (Å²) in [5.41, 5.74) is 4.11. The Morgan fingerprint density at radius 3 is 2.76 bits per heavy atom. The molecule has 0 unspecified atom stereocenters. The van der Waals surface area contributed by atoms with E-state index in [0.717, 1.165) is 6.54 Å². The molecule has 3 rings (SSSR count). The molecule has 0 radical (unpaired) electrons. The van der Waals surface area contributed by atoms with E-state index in [1.165, 1.54) is 35.3 Å². The highest BCUT2D eigenvalue weighted by atomic mass is 32.1. The Morgan fingerprint density at radius 1 is 1.38 bits per heavy atom. The number of benzene rings is 1. The largest absolute Gasteiger partial charge is 0.299 e. The molecule has 0 bridgehead atoms. The lowest BCUT2D eigenvalue weighted by atomic mass is 10.1. The Kier molecular flexibility index (Phi) is 4.26. The van der Waals surface area contributed by atoms with Gasteiger partial charge in [-0.3, -0.25) is 15.0 Å².